The Kier molecular flexibility index (Phi) is 2.32. The summed E-state index contributed by atoms with van der Waals surface area (Å²) in [5, 5.41) is 0. The molecule has 0 radical (unpaired) electrons. The van der Waals surface area contributed by atoms with Gasteiger partial charge in [0.05, 0.1) is 0 Å². The topological polar surface area (TPSA) is 26.3 Å². The Morgan fingerprint density at radius 3 is 2.73 bits per heavy atom. The molecule has 0 N–H and O–H groups in total. The van der Waals surface area contributed by atoms with Crippen LogP contribution in [0.5, 0.6) is 0 Å². The SMILES string of the molecule is CCC1=C(OC(C)=O)CC1C. The van der Waals surface area contributed by atoms with Gasteiger partial charge in [0.15, 0.2) is 0 Å². The average Bonchev–Trinajstić information content (AvgIpc) is 1.86. The van der Waals surface area contributed by atoms with Crippen molar-refractivity contribution in [2.75, 3.05) is 0 Å². The number of hydrogen-bond acceptors (Lipinski definition) is 2. The number of hydrogen-bond donors (Lipinski definition) is 0. The highest BCUT2D eigenvalue weighted by atomic mass is 16.5. The molecular weight excluding hydrogens is 140 g/mol. The first-order valence-corrected chi connectivity index (χ1v) is 4.05. The Morgan fingerprint density at radius 2 is 2.36 bits per heavy atom. The zero-order valence-corrected chi connectivity index (χ0v) is 7.31. The summed E-state index contributed by atoms with van der Waals surface area (Å²) in [5.74, 6) is 1.33. The summed E-state index contributed by atoms with van der Waals surface area (Å²) in [6, 6.07) is 0. The monoisotopic (exact) mass is 154 g/mol. The Bertz CT molecular complexity index is 204. The summed E-state index contributed by atoms with van der Waals surface area (Å²) in [7, 11) is 0. The maximum absolute atomic E-state index is 10.6. The van der Waals surface area contributed by atoms with Gasteiger partial charge in [-0.25, -0.2) is 0 Å². The minimum atomic E-state index is -0.196. The van der Waals surface area contributed by atoms with Gasteiger partial charge in [-0.1, -0.05) is 13.8 Å². The highest BCUT2D eigenvalue weighted by Crippen LogP contribution is 2.36. The number of rotatable bonds is 2. The van der Waals surface area contributed by atoms with Gasteiger partial charge in [0.2, 0.25) is 0 Å². The molecular formula is C9H14O2. The third kappa shape index (κ3) is 1.62. The molecule has 0 aromatic heterocycles. The zero-order chi connectivity index (χ0) is 8.43. The van der Waals surface area contributed by atoms with Crippen LogP contribution < -0.4 is 0 Å². The van der Waals surface area contributed by atoms with Crippen molar-refractivity contribution in [3.8, 4) is 0 Å². The maximum Gasteiger partial charge on any atom is 0.307 e. The number of allylic oxidation sites excluding steroid dienone is 2. The van der Waals surface area contributed by atoms with Crippen LogP contribution in [0.3, 0.4) is 0 Å². The Hall–Kier alpha value is -0.790. The van der Waals surface area contributed by atoms with Crippen molar-refractivity contribution in [2.45, 2.75) is 33.6 Å². The number of carbonyl (C=O) groups is 1. The molecule has 1 aliphatic carbocycles. The summed E-state index contributed by atoms with van der Waals surface area (Å²) in [4.78, 5) is 10.6. The van der Waals surface area contributed by atoms with Gasteiger partial charge in [0.1, 0.15) is 5.76 Å². The molecule has 1 aliphatic rings. The first-order chi connectivity index (χ1) is 5.15. The van der Waals surface area contributed by atoms with Gasteiger partial charge in [0, 0.05) is 13.3 Å². The molecule has 1 rings (SSSR count). The summed E-state index contributed by atoms with van der Waals surface area (Å²) < 4.78 is 5.00. The van der Waals surface area contributed by atoms with Gasteiger partial charge in [-0.05, 0) is 17.9 Å². The predicted molar refractivity (Wildman–Crippen MR) is 42.9 cm³/mol. The number of carbonyl (C=O) groups excluding carboxylic acids is 1. The second-order valence-electron chi connectivity index (χ2n) is 3.00. The fourth-order valence-electron chi connectivity index (χ4n) is 1.50. The van der Waals surface area contributed by atoms with Crippen LogP contribution in [0.1, 0.15) is 33.6 Å². The van der Waals surface area contributed by atoms with Gasteiger partial charge in [-0.15, -0.1) is 0 Å². The van der Waals surface area contributed by atoms with E-state index in [0.717, 1.165) is 18.6 Å². The van der Waals surface area contributed by atoms with E-state index < -0.39 is 0 Å². The van der Waals surface area contributed by atoms with Crippen LogP contribution in [-0.4, -0.2) is 5.97 Å². The molecule has 62 valence electrons. The highest BCUT2D eigenvalue weighted by molar-refractivity contribution is 5.67. The minimum Gasteiger partial charge on any atom is -0.431 e. The lowest BCUT2D eigenvalue weighted by Crippen LogP contribution is -2.18. The van der Waals surface area contributed by atoms with Crippen molar-refractivity contribution in [3.63, 3.8) is 0 Å². The molecule has 11 heavy (non-hydrogen) atoms. The molecule has 0 saturated heterocycles. The molecule has 0 saturated carbocycles. The number of ether oxygens (including phenoxy) is 1. The van der Waals surface area contributed by atoms with Gasteiger partial charge in [-0.3, -0.25) is 4.79 Å². The molecule has 0 heterocycles. The summed E-state index contributed by atoms with van der Waals surface area (Å²) in [6.45, 7) is 5.70. The normalized spacial score (nSPS) is 23.0. The smallest absolute Gasteiger partial charge is 0.307 e. The Morgan fingerprint density at radius 1 is 1.73 bits per heavy atom. The number of esters is 1. The second-order valence-corrected chi connectivity index (χ2v) is 3.00. The van der Waals surface area contributed by atoms with Crippen molar-refractivity contribution < 1.29 is 9.53 Å². The van der Waals surface area contributed by atoms with Crippen LogP contribution in [0, 0.1) is 5.92 Å². The first kappa shape index (κ1) is 8.31. The van der Waals surface area contributed by atoms with E-state index in [4.69, 9.17) is 4.74 Å². The predicted octanol–water partition coefficient (Wildman–Crippen LogP) is 2.25. The Balaban J connectivity index is 2.59. The lowest BCUT2D eigenvalue weighted by Gasteiger charge is -2.28. The van der Waals surface area contributed by atoms with Crippen molar-refractivity contribution in [3.05, 3.63) is 11.3 Å². The van der Waals surface area contributed by atoms with Crippen LogP contribution in [0.25, 0.3) is 0 Å². The Labute approximate surface area is 67.2 Å². The molecule has 0 aromatic carbocycles. The van der Waals surface area contributed by atoms with E-state index in [1.807, 2.05) is 0 Å². The first-order valence-electron chi connectivity index (χ1n) is 4.05. The van der Waals surface area contributed by atoms with Crippen molar-refractivity contribution in [2.24, 2.45) is 5.92 Å². The lowest BCUT2D eigenvalue weighted by molar-refractivity contribution is -0.137. The molecule has 0 amide bonds. The molecule has 1 atom stereocenters. The molecule has 2 nitrogen and oxygen atoms in total. The summed E-state index contributed by atoms with van der Waals surface area (Å²) in [5.41, 5.74) is 1.31. The molecule has 0 aliphatic heterocycles. The van der Waals surface area contributed by atoms with E-state index in [2.05, 4.69) is 13.8 Å². The van der Waals surface area contributed by atoms with E-state index in [-0.39, 0.29) is 5.97 Å². The molecule has 0 spiro atoms. The van der Waals surface area contributed by atoms with E-state index in [9.17, 15) is 4.79 Å². The van der Waals surface area contributed by atoms with E-state index in [1.54, 1.807) is 0 Å². The summed E-state index contributed by atoms with van der Waals surface area (Å²) >= 11 is 0. The van der Waals surface area contributed by atoms with Crippen molar-refractivity contribution >= 4 is 5.97 Å². The molecule has 0 fully saturated rings. The standard InChI is InChI=1S/C9H14O2/c1-4-8-6(2)5-9(8)11-7(3)10/h6H,4-5H2,1-3H3. The minimum absolute atomic E-state index is 0.196. The van der Waals surface area contributed by atoms with Crippen LogP contribution in [0.15, 0.2) is 11.3 Å². The van der Waals surface area contributed by atoms with E-state index in [1.165, 1.54) is 12.5 Å². The average molecular weight is 154 g/mol. The lowest BCUT2D eigenvalue weighted by atomic mass is 9.83. The van der Waals surface area contributed by atoms with Crippen molar-refractivity contribution in [1.82, 2.24) is 0 Å². The third-order valence-corrected chi connectivity index (χ3v) is 2.09. The van der Waals surface area contributed by atoms with Gasteiger partial charge in [0.25, 0.3) is 0 Å². The fourth-order valence-corrected chi connectivity index (χ4v) is 1.50. The van der Waals surface area contributed by atoms with Gasteiger partial charge >= 0.3 is 5.97 Å². The van der Waals surface area contributed by atoms with Crippen LogP contribution in [0.2, 0.25) is 0 Å². The van der Waals surface area contributed by atoms with Gasteiger partial charge < -0.3 is 4.74 Å². The molecule has 0 aromatic rings. The summed E-state index contributed by atoms with van der Waals surface area (Å²) in [6.07, 6.45) is 1.94. The second kappa shape index (κ2) is 3.07. The van der Waals surface area contributed by atoms with E-state index in [0.29, 0.717) is 5.92 Å². The van der Waals surface area contributed by atoms with Crippen LogP contribution in [-0.2, 0) is 9.53 Å². The molecule has 0 bridgehead atoms. The van der Waals surface area contributed by atoms with E-state index >= 15 is 0 Å². The highest BCUT2D eigenvalue weighted by Gasteiger charge is 2.26. The fraction of sp³-hybridized carbons (Fsp3) is 0.667. The van der Waals surface area contributed by atoms with Crippen LogP contribution in [0.4, 0.5) is 0 Å². The largest absolute Gasteiger partial charge is 0.431 e. The third-order valence-electron chi connectivity index (χ3n) is 2.09. The van der Waals surface area contributed by atoms with Gasteiger partial charge in [-0.2, -0.15) is 0 Å². The maximum atomic E-state index is 10.6. The van der Waals surface area contributed by atoms with Crippen LogP contribution >= 0.6 is 0 Å². The zero-order valence-electron chi connectivity index (χ0n) is 7.31. The molecule has 2 heteroatoms. The molecule has 1 unspecified atom stereocenters. The quantitative estimate of drug-likeness (QED) is 0.570. The van der Waals surface area contributed by atoms with Crippen molar-refractivity contribution in [1.29, 1.82) is 0 Å².